The number of nitrogens with two attached hydrogens (primary N) is 1. The fraction of sp³-hybridized carbons (Fsp3) is 0.545. The average Bonchev–Trinajstić information content (AvgIpc) is 2.20. The van der Waals surface area contributed by atoms with Gasteiger partial charge in [0.1, 0.15) is 0 Å². The highest BCUT2D eigenvalue weighted by atomic mass is 14.9. The number of hydrogen-bond acceptors (Lipinski definition) is 3. The van der Waals surface area contributed by atoms with E-state index in [1.54, 1.807) is 6.20 Å². The van der Waals surface area contributed by atoms with Gasteiger partial charge >= 0.3 is 0 Å². The lowest BCUT2D eigenvalue weighted by molar-refractivity contribution is 0.495. The van der Waals surface area contributed by atoms with Crippen LogP contribution in [0.25, 0.3) is 0 Å². The molecule has 0 saturated heterocycles. The molecule has 1 rings (SSSR count). The molecule has 0 aliphatic rings. The van der Waals surface area contributed by atoms with Crippen LogP contribution in [-0.4, -0.2) is 18.1 Å². The summed E-state index contributed by atoms with van der Waals surface area (Å²) in [6.45, 7) is 2.04. The Morgan fingerprint density at radius 1 is 1.50 bits per heavy atom. The van der Waals surface area contributed by atoms with Gasteiger partial charge in [-0.2, -0.15) is 0 Å². The normalized spacial score (nSPS) is 15.1. The van der Waals surface area contributed by atoms with Crippen molar-refractivity contribution < 1.29 is 0 Å². The van der Waals surface area contributed by atoms with Crippen molar-refractivity contribution in [2.75, 3.05) is 7.05 Å². The fourth-order valence-electron chi connectivity index (χ4n) is 1.49. The van der Waals surface area contributed by atoms with Crippen LogP contribution in [0.3, 0.4) is 0 Å². The highest BCUT2D eigenvalue weighted by Gasteiger charge is 2.09. The Morgan fingerprint density at radius 2 is 2.29 bits per heavy atom. The van der Waals surface area contributed by atoms with Crippen LogP contribution in [0.5, 0.6) is 0 Å². The van der Waals surface area contributed by atoms with Gasteiger partial charge in [0.15, 0.2) is 0 Å². The second kappa shape index (κ2) is 5.73. The van der Waals surface area contributed by atoms with Crippen LogP contribution in [0, 0.1) is 0 Å². The molecule has 3 heteroatoms. The first-order chi connectivity index (χ1) is 6.74. The minimum absolute atomic E-state index is 0.266. The molecule has 3 N–H and O–H groups in total. The van der Waals surface area contributed by atoms with E-state index in [-0.39, 0.29) is 6.04 Å². The molecule has 0 amide bonds. The zero-order chi connectivity index (χ0) is 10.4. The Hall–Kier alpha value is -0.930. The van der Waals surface area contributed by atoms with Crippen molar-refractivity contribution in [3.63, 3.8) is 0 Å². The van der Waals surface area contributed by atoms with E-state index in [0.29, 0.717) is 6.04 Å². The van der Waals surface area contributed by atoms with E-state index in [0.717, 1.165) is 12.8 Å². The third-order valence-corrected chi connectivity index (χ3v) is 2.35. The quantitative estimate of drug-likeness (QED) is 0.744. The fourth-order valence-corrected chi connectivity index (χ4v) is 1.49. The van der Waals surface area contributed by atoms with Crippen molar-refractivity contribution in [1.82, 2.24) is 10.3 Å². The molecular formula is C11H19N3. The second-order valence-electron chi connectivity index (χ2n) is 3.68. The Labute approximate surface area is 85.7 Å². The Kier molecular flexibility index (Phi) is 4.56. The summed E-state index contributed by atoms with van der Waals surface area (Å²) >= 11 is 0. The molecule has 2 unspecified atom stereocenters. The lowest BCUT2D eigenvalue weighted by Gasteiger charge is -2.17. The highest BCUT2D eigenvalue weighted by molar-refractivity contribution is 5.13. The number of aromatic nitrogens is 1. The summed E-state index contributed by atoms with van der Waals surface area (Å²) in [5.41, 5.74) is 6.96. The maximum Gasteiger partial charge on any atom is 0.0333 e. The molecule has 0 fully saturated rings. The summed E-state index contributed by atoms with van der Waals surface area (Å²) in [5.74, 6) is 0. The van der Waals surface area contributed by atoms with Crippen LogP contribution in [0.4, 0.5) is 0 Å². The van der Waals surface area contributed by atoms with Crippen molar-refractivity contribution >= 4 is 0 Å². The second-order valence-corrected chi connectivity index (χ2v) is 3.68. The lowest BCUT2D eigenvalue weighted by Crippen LogP contribution is -2.21. The van der Waals surface area contributed by atoms with Crippen molar-refractivity contribution in [1.29, 1.82) is 0 Å². The van der Waals surface area contributed by atoms with Crippen LogP contribution in [-0.2, 0) is 0 Å². The van der Waals surface area contributed by atoms with Crippen molar-refractivity contribution in [2.24, 2.45) is 5.73 Å². The van der Waals surface area contributed by atoms with E-state index in [9.17, 15) is 0 Å². The third-order valence-electron chi connectivity index (χ3n) is 2.35. The Balaban J connectivity index is 2.54. The van der Waals surface area contributed by atoms with Gasteiger partial charge in [-0.05, 0) is 38.4 Å². The van der Waals surface area contributed by atoms with Gasteiger partial charge in [0, 0.05) is 24.5 Å². The lowest BCUT2D eigenvalue weighted by atomic mass is 10.0. The van der Waals surface area contributed by atoms with Gasteiger partial charge in [-0.1, -0.05) is 6.07 Å². The molecule has 78 valence electrons. The van der Waals surface area contributed by atoms with E-state index < -0.39 is 0 Å². The average molecular weight is 193 g/mol. The molecule has 3 nitrogen and oxygen atoms in total. The van der Waals surface area contributed by atoms with Gasteiger partial charge in [0.2, 0.25) is 0 Å². The van der Waals surface area contributed by atoms with Crippen LogP contribution >= 0.6 is 0 Å². The van der Waals surface area contributed by atoms with E-state index in [1.807, 2.05) is 26.2 Å². The molecule has 0 spiro atoms. The topological polar surface area (TPSA) is 50.9 Å². The van der Waals surface area contributed by atoms with Crippen LogP contribution in [0.15, 0.2) is 24.5 Å². The first-order valence-corrected chi connectivity index (χ1v) is 5.06. The number of nitrogens with zero attached hydrogens (tertiary/aromatic N) is 1. The summed E-state index contributed by atoms with van der Waals surface area (Å²) in [5, 5.41) is 3.28. The Morgan fingerprint density at radius 3 is 2.79 bits per heavy atom. The summed E-state index contributed by atoms with van der Waals surface area (Å²) in [6, 6.07) is 4.69. The maximum atomic E-state index is 5.73. The first kappa shape index (κ1) is 11.1. The minimum Gasteiger partial charge on any atom is -0.328 e. The largest absolute Gasteiger partial charge is 0.328 e. The predicted molar refractivity (Wildman–Crippen MR) is 58.9 cm³/mol. The Bertz CT molecular complexity index is 246. The monoisotopic (exact) mass is 193 g/mol. The van der Waals surface area contributed by atoms with Crippen LogP contribution < -0.4 is 11.1 Å². The van der Waals surface area contributed by atoms with E-state index >= 15 is 0 Å². The maximum absolute atomic E-state index is 5.73. The smallest absolute Gasteiger partial charge is 0.0333 e. The molecule has 2 atom stereocenters. The number of rotatable bonds is 5. The number of nitrogens with one attached hydrogen (secondary N) is 1. The molecule has 1 aromatic rings. The third kappa shape index (κ3) is 3.44. The molecule has 0 aliphatic carbocycles. The number of pyridine rings is 1. The van der Waals surface area contributed by atoms with Crippen molar-refractivity contribution in [3.05, 3.63) is 30.1 Å². The first-order valence-electron chi connectivity index (χ1n) is 5.06. The van der Waals surface area contributed by atoms with Gasteiger partial charge in [-0.15, -0.1) is 0 Å². The highest BCUT2D eigenvalue weighted by Crippen LogP contribution is 2.17. The van der Waals surface area contributed by atoms with Crippen molar-refractivity contribution in [2.45, 2.75) is 31.8 Å². The van der Waals surface area contributed by atoms with Gasteiger partial charge in [-0.3, -0.25) is 4.98 Å². The van der Waals surface area contributed by atoms with Gasteiger partial charge in [-0.25, -0.2) is 0 Å². The summed E-state index contributed by atoms with van der Waals surface area (Å²) in [4.78, 5) is 4.11. The molecule has 0 aromatic carbocycles. The van der Waals surface area contributed by atoms with Crippen LogP contribution in [0.1, 0.15) is 31.4 Å². The van der Waals surface area contributed by atoms with E-state index in [2.05, 4.69) is 16.4 Å². The molecule has 14 heavy (non-hydrogen) atoms. The number of hydrogen-bond donors (Lipinski definition) is 2. The molecule has 0 aliphatic heterocycles. The molecule has 0 bridgehead atoms. The molecule has 1 heterocycles. The van der Waals surface area contributed by atoms with E-state index in [1.165, 1.54) is 5.56 Å². The van der Waals surface area contributed by atoms with Gasteiger partial charge in [0.25, 0.3) is 0 Å². The zero-order valence-electron chi connectivity index (χ0n) is 8.90. The molecular weight excluding hydrogens is 174 g/mol. The molecule has 1 aromatic heterocycles. The summed E-state index contributed by atoms with van der Waals surface area (Å²) in [7, 11) is 1.97. The van der Waals surface area contributed by atoms with Crippen molar-refractivity contribution in [3.8, 4) is 0 Å². The summed E-state index contributed by atoms with van der Waals surface area (Å²) < 4.78 is 0. The van der Waals surface area contributed by atoms with E-state index in [4.69, 9.17) is 5.73 Å². The van der Waals surface area contributed by atoms with Gasteiger partial charge in [0.05, 0.1) is 0 Å². The molecule has 0 saturated carbocycles. The van der Waals surface area contributed by atoms with Gasteiger partial charge < -0.3 is 11.1 Å². The molecule has 0 radical (unpaired) electrons. The SMILES string of the molecule is CNC(CCC(C)N)c1cccnc1. The standard InChI is InChI=1S/C11H19N3/c1-9(12)5-6-11(13-2)10-4-3-7-14-8-10/h3-4,7-9,11,13H,5-6,12H2,1-2H3. The zero-order valence-corrected chi connectivity index (χ0v) is 8.90. The predicted octanol–water partition coefficient (Wildman–Crippen LogP) is 1.47. The minimum atomic E-state index is 0.266. The van der Waals surface area contributed by atoms with Crippen LogP contribution in [0.2, 0.25) is 0 Å². The summed E-state index contributed by atoms with van der Waals surface area (Å²) in [6.07, 6.45) is 5.78.